The number of halogens is 1. The van der Waals surface area contributed by atoms with Gasteiger partial charge in [0.25, 0.3) is 5.91 Å². The lowest BCUT2D eigenvalue weighted by Gasteiger charge is -2.04. The summed E-state index contributed by atoms with van der Waals surface area (Å²) >= 11 is 9.27. The Morgan fingerprint density at radius 2 is 2.00 bits per heavy atom. The lowest BCUT2D eigenvalue weighted by atomic mass is 10.1. The Hall–Kier alpha value is -2.39. The number of nitrogens with zero attached hydrogens (tertiary/aromatic N) is 2. The monoisotopic (exact) mass is 410 g/mol. The summed E-state index contributed by atoms with van der Waals surface area (Å²) in [5, 5.41) is 1.34. The van der Waals surface area contributed by atoms with Crippen molar-refractivity contribution in [2.45, 2.75) is 20.4 Å². The summed E-state index contributed by atoms with van der Waals surface area (Å²) in [6, 6.07) is 11.9. The van der Waals surface area contributed by atoms with Gasteiger partial charge >= 0.3 is 0 Å². The first-order valence-corrected chi connectivity index (χ1v) is 10.3. The number of terminal acetylenes is 1. The molecule has 0 saturated heterocycles. The summed E-state index contributed by atoms with van der Waals surface area (Å²) in [5.41, 5.74) is 3.31. The van der Waals surface area contributed by atoms with Crippen molar-refractivity contribution in [3.8, 4) is 12.3 Å². The molecular weight excluding hydrogens is 396 g/mol. The van der Waals surface area contributed by atoms with Gasteiger partial charge in [0.05, 0.1) is 21.8 Å². The number of hydrogen-bond acceptors (Lipinski definition) is 3. The van der Waals surface area contributed by atoms with Crippen molar-refractivity contribution in [1.82, 2.24) is 4.57 Å². The highest BCUT2D eigenvalue weighted by atomic mass is 35.5. The molecule has 0 spiro atoms. The van der Waals surface area contributed by atoms with Gasteiger partial charge in [-0.2, -0.15) is 4.99 Å². The average molecular weight is 411 g/mol. The number of hydrogen-bond donors (Lipinski definition) is 0. The number of carbonyl (C=O) groups is 1. The fraction of sp³-hybridized carbons (Fsp3) is 0.143. The van der Waals surface area contributed by atoms with Crippen LogP contribution in [0.4, 0.5) is 0 Å². The molecule has 0 radical (unpaired) electrons. The molecule has 1 amide bonds. The summed E-state index contributed by atoms with van der Waals surface area (Å²) in [5.74, 6) is 2.33. The van der Waals surface area contributed by atoms with Crippen LogP contribution in [0.25, 0.3) is 20.3 Å². The largest absolute Gasteiger partial charge is 0.304 e. The maximum atomic E-state index is 12.9. The van der Waals surface area contributed by atoms with Crippen LogP contribution in [0.3, 0.4) is 0 Å². The van der Waals surface area contributed by atoms with E-state index in [-0.39, 0.29) is 5.91 Å². The van der Waals surface area contributed by atoms with Crippen LogP contribution in [-0.4, -0.2) is 10.5 Å². The molecule has 134 valence electrons. The molecule has 4 aromatic rings. The molecule has 2 heterocycles. The van der Waals surface area contributed by atoms with E-state index in [1.807, 2.05) is 35.8 Å². The lowest BCUT2D eigenvalue weighted by Crippen LogP contribution is -2.16. The Labute approximate surface area is 169 Å². The molecule has 0 bridgehead atoms. The Balaban J connectivity index is 1.92. The van der Waals surface area contributed by atoms with Crippen molar-refractivity contribution in [2.24, 2.45) is 4.99 Å². The molecule has 0 aliphatic heterocycles. The van der Waals surface area contributed by atoms with E-state index in [9.17, 15) is 4.79 Å². The van der Waals surface area contributed by atoms with Crippen molar-refractivity contribution >= 4 is 60.5 Å². The molecule has 6 heteroatoms. The van der Waals surface area contributed by atoms with Gasteiger partial charge in [0.15, 0.2) is 4.80 Å². The van der Waals surface area contributed by atoms with Gasteiger partial charge in [0.1, 0.15) is 4.88 Å². The van der Waals surface area contributed by atoms with Crippen molar-refractivity contribution in [3.63, 3.8) is 0 Å². The van der Waals surface area contributed by atoms with Crippen molar-refractivity contribution in [3.05, 3.63) is 62.2 Å². The quantitative estimate of drug-likeness (QED) is 0.398. The third kappa shape index (κ3) is 3.10. The number of thiazole rings is 1. The highest BCUT2D eigenvalue weighted by Gasteiger charge is 2.17. The molecule has 2 aromatic carbocycles. The summed E-state index contributed by atoms with van der Waals surface area (Å²) in [4.78, 5) is 18.3. The first-order chi connectivity index (χ1) is 13.0. The highest BCUT2D eigenvalue weighted by molar-refractivity contribution is 7.21. The third-order valence-electron chi connectivity index (χ3n) is 4.29. The van der Waals surface area contributed by atoms with Crippen LogP contribution in [0.15, 0.2) is 41.4 Å². The number of carbonyl (C=O) groups excluding carboxylic acids is 1. The van der Waals surface area contributed by atoms with Gasteiger partial charge in [0.2, 0.25) is 0 Å². The van der Waals surface area contributed by atoms with E-state index >= 15 is 0 Å². The van der Waals surface area contributed by atoms with Crippen LogP contribution < -0.4 is 4.80 Å². The maximum Gasteiger partial charge on any atom is 0.291 e. The third-order valence-corrected chi connectivity index (χ3v) is 6.98. The first-order valence-electron chi connectivity index (χ1n) is 8.29. The zero-order valence-corrected chi connectivity index (χ0v) is 17.1. The van der Waals surface area contributed by atoms with Crippen LogP contribution in [0, 0.1) is 26.2 Å². The second kappa shape index (κ2) is 6.97. The van der Waals surface area contributed by atoms with Gasteiger partial charge in [-0.05, 0) is 37.1 Å². The fourth-order valence-corrected chi connectivity index (χ4v) is 5.80. The number of fused-ring (bicyclic) bond motifs is 2. The van der Waals surface area contributed by atoms with Crippen LogP contribution in [0.5, 0.6) is 0 Å². The van der Waals surface area contributed by atoms with Crippen LogP contribution in [0.1, 0.15) is 20.8 Å². The van der Waals surface area contributed by atoms with Crippen LogP contribution in [-0.2, 0) is 6.54 Å². The van der Waals surface area contributed by atoms with E-state index in [1.165, 1.54) is 28.2 Å². The first kappa shape index (κ1) is 18.0. The zero-order chi connectivity index (χ0) is 19.1. The summed E-state index contributed by atoms with van der Waals surface area (Å²) < 4.78 is 3.96. The molecule has 0 unspecified atom stereocenters. The Morgan fingerprint density at radius 1 is 1.22 bits per heavy atom. The van der Waals surface area contributed by atoms with Crippen LogP contribution in [0.2, 0.25) is 5.02 Å². The summed E-state index contributed by atoms with van der Waals surface area (Å²) in [6.07, 6.45) is 5.56. The topological polar surface area (TPSA) is 34.4 Å². The van der Waals surface area contributed by atoms with Gasteiger partial charge in [-0.3, -0.25) is 4.79 Å². The molecule has 0 atom stereocenters. The number of aryl methyl sites for hydroxylation is 2. The zero-order valence-electron chi connectivity index (χ0n) is 14.7. The van der Waals surface area contributed by atoms with Gasteiger partial charge in [0, 0.05) is 10.1 Å². The molecule has 0 aliphatic rings. The van der Waals surface area contributed by atoms with E-state index in [0.29, 0.717) is 21.2 Å². The molecular formula is C21H15ClN2OS2. The second-order valence-corrected chi connectivity index (χ2v) is 8.70. The molecule has 2 aromatic heterocycles. The lowest BCUT2D eigenvalue weighted by molar-refractivity contribution is 0.100. The van der Waals surface area contributed by atoms with Crippen molar-refractivity contribution in [2.75, 3.05) is 0 Å². The summed E-state index contributed by atoms with van der Waals surface area (Å²) in [7, 11) is 0. The Morgan fingerprint density at radius 3 is 2.74 bits per heavy atom. The van der Waals surface area contributed by atoms with Gasteiger partial charge in [-0.25, -0.2) is 0 Å². The molecule has 3 nitrogen and oxygen atoms in total. The number of thiophene rings is 1. The number of rotatable bonds is 2. The minimum absolute atomic E-state index is 0.340. The maximum absolute atomic E-state index is 12.9. The minimum atomic E-state index is -0.340. The fourth-order valence-electron chi connectivity index (χ4n) is 3.20. The molecule has 0 N–H and O–H groups in total. The Bertz CT molecular complexity index is 1320. The smallest absolute Gasteiger partial charge is 0.291 e. The second-order valence-electron chi connectivity index (χ2n) is 6.26. The molecule has 0 aliphatic carbocycles. The number of amides is 1. The van der Waals surface area contributed by atoms with Crippen LogP contribution >= 0.6 is 34.3 Å². The van der Waals surface area contributed by atoms with E-state index in [1.54, 1.807) is 0 Å². The van der Waals surface area contributed by atoms with E-state index in [2.05, 4.69) is 30.0 Å². The van der Waals surface area contributed by atoms with E-state index in [4.69, 9.17) is 18.0 Å². The normalized spacial score (nSPS) is 12.0. The van der Waals surface area contributed by atoms with Crippen molar-refractivity contribution < 1.29 is 4.79 Å². The molecule has 27 heavy (non-hydrogen) atoms. The highest BCUT2D eigenvalue weighted by Crippen LogP contribution is 2.35. The van der Waals surface area contributed by atoms with Gasteiger partial charge in [-0.15, -0.1) is 17.8 Å². The van der Waals surface area contributed by atoms with Gasteiger partial charge < -0.3 is 4.57 Å². The predicted octanol–water partition coefficient (Wildman–Crippen LogP) is 5.56. The molecule has 4 rings (SSSR count). The molecule has 0 saturated carbocycles. The standard InChI is InChI=1S/C21H15ClN2OS2/c1-4-9-24-18-13(3)10-12(2)11-16(18)27-21(24)23-20(25)19-17(22)14-7-5-6-8-15(14)26-19/h1,5-8,10-11H,9H2,2-3H3. The number of aromatic nitrogens is 1. The Kier molecular flexibility index (Phi) is 4.65. The minimum Gasteiger partial charge on any atom is -0.304 e. The molecule has 0 fully saturated rings. The number of benzene rings is 2. The van der Waals surface area contributed by atoms with E-state index < -0.39 is 0 Å². The SMILES string of the molecule is C#CCn1c(=NC(=O)c2sc3ccccc3c2Cl)sc2cc(C)cc(C)c21. The summed E-state index contributed by atoms with van der Waals surface area (Å²) in [6.45, 7) is 4.45. The van der Waals surface area contributed by atoms with E-state index in [0.717, 1.165) is 25.9 Å². The van der Waals surface area contributed by atoms with Crippen molar-refractivity contribution in [1.29, 1.82) is 0 Å². The van der Waals surface area contributed by atoms with Gasteiger partial charge in [-0.1, -0.05) is 53.1 Å². The predicted molar refractivity (Wildman–Crippen MR) is 115 cm³/mol. The average Bonchev–Trinajstić information content (AvgIpc) is 3.14.